The summed E-state index contributed by atoms with van der Waals surface area (Å²) in [6, 6.07) is 0. The van der Waals surface area contributed by atoms with E-state index >= 15 is 0 Å². The highest BCUT2D eigenvalue weighted by Gasteiger charge is 2.18. The van der Waals surface area contributed by atoms with Crippen molar-refractivity contribution in [3.05, 3.63) is 0 Å². The van der Waals surface area contributed by atoms with Crippen LogP contribution in [0.1, 0.15) is 57.9 Å². The second-order valence-electron chi connectivity index (χ2n) is 3.16. The molecule has 124 valence electrons. The maximum absolute atomic E-state index is 11.4. The summed E-state index contributed by atoms with van der Waals surface area (Å²) in [4.78, 5) is 22.3. The Morgan fingerprint density at radius 3 is 1.58 bits per heavy atom. The maximum atomic E-state index is 11.4. The molecule has 0 saturated carbocycles. The van der Waals surface area contributed by atoms with Gasteiger partial charge >= 0.3 is 0 Å². The van der Waals surface area contributed by atoms with Crippen molar-refractivity contribution >= 4 is 11.6 Å². The minimum atomic E-state index is -0.185. The molecule has 4 heteroatoms. The minimum absolute atomic E-state index is 0. The molecule has 0 bridgehead atoms. The fourth-order valence-electron chi connectivity index (χ4n) is 1.21. The molecule has 0 heterocycles. The molecule has 0 aromatic heterocycles. The summed E-state index contributed by atoms with van der Waals surface area (Å²) in [6.07, 6.45) is 0.335. The average Bonchev–Trinajstić information content (AvgIpc) is 2.03. The minimum Gasteiger partial charge on any atom is -0.319 e. The van der Waals surface area contributed by atoms with Gasteiger partial charge in [0, 0.05) is 18.9 Å². The van der Waals surface area contributed by atoms with Gasteiger partial charge in [-0.3, -0.25) is 4.79 Å². The second kappa shape index (κ2) is 26.0. The standard InChI is InChI=1S/C9H18N2O2.6CH4/c1-7(12)4-8(5-10-2)9(13)6-11-3;;;;;;/h8,10-11H,4-6H2,1-3H3;6*1H4. The van der Waals surface area contributed by atoms with Crippen LogP contribution in [-0.4, -0.2) is 38.8 Å². The first-order valence-corrected chi connectivity index (χ1v) is 4.43. The molecule has 19 heavy (non-hydrogen) atoms. The molecule has 1 unspecified atom stereocenters. The van der Waals surface area contributed by atoms with Crippen molar-refractivity contribution in [3.8, 4) is 0 Å². The first kappa shape index (κ1) is 42.9. The first-order chi connectivity index (χ1) is 6.11. The lowest BCUT2D eigenvalue weighted by Crippen LogP contribution is -2.33. The van der Waals surface area contributed by atoms with Crippen molar-refractivity contribution in [1.82, 2.24) is 10.6 Å². The summed E-state index contributed by atoms with van der Waals surface area (Å²) in [6.45, 7) is 2.41. The zero-order valence-corrected chi connectivity index (χ0v) is 8.52. The van der Waals surface area contributed by atoms with Gasteiger partial charge in [-0.25, -0.2) is 0 Å². The van der Waals surface area contributed by atoms with E-state index in [1.165, 1.54) is 6.92 Å². The van der Waals surface area contributed by atoms with Gasteiger partial charge < -0.3 is 15.4 Å². The Balaban J connectivity index is -0.0000000480. The van der Waals surface area contributed by atoms with E-state index in [0.29, 0.717) is 19.5 Å². The van der Waals surface area contributed by atoms with Crippen LogP contribution in [0.5, 0.6) is 0 Å². The van der Waals surface area contributed by atoms with E-state index in [1.54, 1.807) is 14.1 Å². The number of rotatable bonds is 7. The van der Waals surface area contributed by atoms with E-state index in [1.807, 2.05) is 0 Å². The average molecular weight is 283 g/mol. The van der Waals surface area contributed by atoms with Crippen LogP contribution in [0, 0.1) is 5.92 Å². The maximum Gasteiger partial charge on any atom is 0.151 e. The highest BCUT2D eigenvalue weighted by atomic mass is 16.1. The van der Waals surface area contributed by atoms with Crippen molar-refractivity contribution in [2.45, 2.75) is 57.9 Å². The Morgan fingerprint density at radius 2 is 1.32 bits per heavy atom. The number of carbonyl (C=O) groups excluding carboxylic acids is 2. The number of nitrogens with one attached hydrogen (secondary N) is 2. The lowest BCUT2D eigenvalue weighted by molar-refractivity contribution is -0.126. The molecule has 1 atom stereocenters. The Labute approximate surface area is 123 Å². The van der Waals surface area contributed by atoms with Crippen LogP contribution < -0.4 is 10.6 Å². The van der Waals surface area contributed by atoms with E-state index in [4.69, 9.17) is 0 Å². The van der Waals surface area contributed by atoms with Gasteiger partial charge in [-0.15, -0.1) is 0 Å². The molecular formula is C15H42N2O2. The van der Waals surface area contributed by atoms with Crippen LogP contribution in [0.2, 0.25) is 0 Å². The lowest BCUT2D eigenvalue weighted by Gasteiger charge is -2.13. The molecule has 0 fully saturated rings. The predicted molar refractivity (Wildman–Crippen MR) is 92.0 cm³/mol. The number of hydrogen-bond donors (Lipinski definition) is 2. The van der Waals surface area contributed by atoms with Gasteiger partial charge in [0.1, 0.15) is 5.78 Å². The zero-order chi connectivity index (χ0) is 10.3. The van der Waals surface area contributed by atoms with Gasteiger partial charge in [0.05, 0.1) is 6.54 Å². The van der Waals surface area contributed by atoms with Gasteiger partial charge in [0.25, 0.3) is 0 Å². The predicted octanol–water partition coefficient (Wildman–Crippen LogP) is 3.41. The molecule has 0 rings (SSSR count). The van der Waals surface area contributed by atoms with Gasteiger partial charge in [0.2, 0.25) is 0 Å². The number of ketones is 2. The summed E-state index contributed by atoms with van der Waals surface area (Å²) in [5, 5.41) is 5.70. The van der Waals surface area contributed by atoms with E-state index in [0.717, 1.165) is 0 Å². The van der Waals surface area contributed by atoms with Crippen LogP contribution in [0.3, 0.4) is 0 Å². The summed E-state index contributed by atoms with van der Waals surface area (Å²) >= 11 is 0. The molecule has 0 saturated heterocycles. The van der Waals surface area contributed by atoms with Crippen LogP contribution in [0.15, 0.2) is 0 Å². The second-order valence-corrected chi connectivity index (χ2v) is 3.16. The van der Waals surface area contributed by atoms with Gasteiger partial charge in [-0.05, 0) is 21.0 Å². The Morgan fingerprint density at radius 1 is 0.895 bits per heavy atom. The first-order valence-electron chi connectivity index (χ1n) is 4.43. The van der Waals surface area contributed by atoms with Gasteiger partial charge in [-0.1, -0.05) is 44.6 Å². The Bertz CT molecular complexity index is 183. The van der Waals surface area contributed by atoms with E-state index in [2.05, 4.69) is 10.6 Å². The normalized spacial score (nSPS) is 8.58. The fourth-order valence-corrected chi connectivity index (χ4v) is 1.21. The van der Waals surface area contributed by atoms with Crippen LogP contribution in [0.4, 0.5) is 0 Å². The topological polar surface area (TPSA) is 58.2 Å². The molecule has 0 amide bonds. The molecule has 0 aromatic rings. The molecular weight excluding hydrogens is 240 g/mol. The molecule has 0 radical (unpaired) electrons. The van der Waals surface area contributed by atoms with Crippen molar-refractivity contribution in [3.63, 3.8) is 0 Å². The molecule has 4 nitrogen and oxygen atoms in total. The van der Waals surface area contributed by atoms with Crippen LogP contribution in [0.25, 0.3) is 0 Å². The highest BCUT2D eigenvalue weighted by Crippen LogP contribution is 2.03. The van der Waals surface area contributed by atoms with E-state index in [-0.39, 0.29) is 62.0 Å². The Kier molecular flexibility index (Phi) is 58.6. The molecule has 0 spiro atoms. The summed E-state index contributed by atoms with van der Waals surface area (Å²) in [5.41, 5.74) is 0. The zero-order valence-electron chi connectivity index (χ0n) is 8.52. The summed E-state index contributed by atoms with van der Waals surface area (Å²) < 4.78 is 0. The quantitative estimate of drug-likeness (QED) is 0.751. The summed E-state index contributed by atoms with van der Waals surface area (Å²) in [7, 11) is 3.50. The Hall–Kier alpha value is -0.740. The van der Waals surface area contributed by atoms with Gasteiger partial charge in [0.15, 0.2) is 5.78 Å². The van der Waals surface area contributed by atoms with Crippen LogP contribution >= 0.6 is 0 Å². The molecule has 0 aromatic carbocycles. The number of carbonyl (C=O) groups is 2. The monoisotopic (exact) mass is 282 g/mol. The van der Waals surface area contributed by atoms with Crippen LogP contribution in [-0.2, 0) is 9.59 Å². The third-order valence-electron chi connectivity index (χ3n) is 1.79. The number of likely N-dealkylation sites (N-methyl/N-ethyl adjacent to an activating group) is 1. The largest absolute Gasteiger partial charge is 0.319 e. The highest BCUT2D eigenvalue weighted by molar-refractivity contribution is 5.88. The lowest BCUT2D eigenvalue weighted by atomic mass is 9.98. The van der Waals surface area contributed by atoms with Crippen molar-refractivity contribution < 1.29 is 9.59 Å². The molecule has 0 aliphatic rings. The van der Waals surface area contributed by atoms with Crippen molar-refractivity contribution in [1.29, 1.82) is 0 Å². The van der Waals surface area contributed by atoms with E-state index < -0.39 is 0 Å². The SMILES string of the molecule is C.C.C.C.C.C.CNCC(=O)C(CNC)CC(C)=O. The van der Waals surface area contributed by atoms with Crippen molar-refractivity contribution in [2.75, 3.05) is 27.2 Å². The number of Topliss-reactive ketones (excluding diaryl/α,β-unsaturated/α-hetero) is 2. The third kappa shape index (κ3) is 22.9. The fraction of sp³-hybridized carbons (Fsp3) is 0.867. The molecule has 2 N–H and O–H groups in total. The van der Waals surface area contributed by atoms with Gasteiger partial charge in [-0.2, -0.15) is 0 Å². The van der Waals surface area contributed by atoms with E-state index in [9.17, 15) is 9.59 Å². The molecule has 0 aliphatic heterocycles. The third-order valence-corrected chi connectivity index (χ3v) is 1.79. The smallest absolute Gasteiger partial charge is 0.151 e. The van der Waals surface area contributed by atoms with Crippen molar-refractivity contribution in [2.24, 2.45) is 5.92 Å². The number of hydrogen-bond acceptors (Lipinski definition) is 4. The molecule has 0 aliphatic carbocycles. The summed E-state index contributed by atoms with van der Waals surface area (Å²) in [5.74, 6) is -0.0355.